The lowest BCUT2D eigenvalue weighted by Gasteiger charge is -2.07. The molecule has 1 aliphatic heterocycles. The van der Waals surface area contributed by atoms with Crippen LogP contribution in [-0.2, 0) is 6.42 Å². The number of fused-ring (bicyclic) bond motifs is 3. The van der Waals surface area contributed by atoms with Gasteiger partial charge in [-0.05, 0) is 19.1 Å². The van der Waals surface area contributed by atoms with E-state index < -0.39 is 0 Å². The van der Waals surface area contributed by atoms with Crippen molar-refractivity contribution in [1.29, 1.82) is 0 Å². The molecule has 0 aliphatic carbocycles. The van der Waals surface area contributed by atoms with Crippen LogP contribution < -0.4 is 0 Å². The molecule has 3 aromatic rings. The lowest BCUT2D eigenvalue weighted by molar-refractivity contribution is 0.0931. The van der Waals surface area contributed by atoms with Crippen molar-refractivity contribution in [2.75, 3.05) is 0 Å². The van der Waals surface area contributed by atoms with Crippen molar-refractivity contribution >= 4 is 5.78 Å². The third kappa shape index (κ3) is 1.82. The van der Waals surface area contributed by atoms with Crippen molar-refractivity contribution in [3.8, 4) is 17.1 Å². The lowest BCUT2D eigenvalue weighted by Crippen LogP contribution is -2.12. The van der Waals surface area contributed by atoms with E-state index in [1.54, 1.807) is 6.33 Å². The van der Waals surface area contributed by atoms with Crippen molar-refractivity contribution < 1.29 is 9.32 Å². The number of benzene rings is 1. The van der Waals surface area contributed by atoms with Crippen LogP contribution in [0.25, 0.3) is 17.1 Å². The third-order valence-corrected chi connectivity index (χ3v) is 4.10. The van der Waals surface area contributed by atoms with E-state index in [1.807, 2.05) is 48.7 Å². The van der Waals surface area contributed by atoms with Gasteiger partial charge in [0.15, 0.2) is 11.5 Å². The Labute approximate surface area is 127 Å². The van der Waals surface area contributed by atoms with E-state index in [0.717, 1.165) is 28.3 Å². The fraction of sp³-hybridized carbons (Fsp3) is 0.235. The first kappa shape index (κ1) is 13.0. The van der Waals surface area contributed by atoms with Crippen LogP contribution in [0.5, 0.6) is 0 Å². The molecular formula is C17H15N3O2. The van der Waals surface area contributed by atoms with Crippen LogP contribution >= 0.6 is 0 Å². The summed E-state index contributed by atoms with van der Waals surface area (Å²) in [5, 5.41) is 3.93. The van der Waals surface area contributed by atoms with E-state index in [-0.39, 0.29) is 11.7 Å². The number of hydrogen-bond acceptors (Lipinski definition) is 4. The Bertz CT molecular complexity index is 876. The molecule has 0 saturated carbocycles. The smallest absolute Gasteiger partial charge is 0.187 e. The second kappa shape index (κ2) is 4.66. The van der Waals surface area contributed by atoms with Crippen LogP contribution in [-0.4, -0.2) is 20.5 Å². The Hall–Kier alpha value is -2.69. The highest BCUT2D eigenvalue weighted by Crippen LogP contribution is 2.32. The summed E-state index contributed by atoms with van der Waals surface area (Å²) >= 11 is 0. The zero-order chi connectivity index (χ0) is 15.3. The maximum absolute atomic E-state index is 12.6. The van der Waals surface area contributed by atoms with Crippen LogP contribution in [0.3, 0.4) is 0 Å². The Morgan fingerprint density at radius 1 is 1.32 bits per heavy atom. The van der Waals surface area contributed by atoms with E-state index in [4.69, 9.17) is 4.52 Å². The average Bonchev–Trinajstić information content (AvgIpc) is 3.10. The summed E-state index contributed by atoms with van der Waals surface area (Å²) in [5.74, 6) is 0.714. The summed E-state index contributed by atoms with van der Waals surface area (Å²) in [7, 11) is 0. The number of aromatic nitrogens is 3. The van der Waals surface area contributed by atoms with E-state index >= 15 is 0 Å². The van der Waals surface area contributed by atoms with Crippen molar-refractivity contribution in [3.05, 3.63) is 53.6 Å². The number of nitrogens with zero attached hydrogens (tertiary/aromatic N) is 3. The number of para-hydroxylation sites is 1. The third-order valence-electron chi connectivity index (χ3n) is 4.10. The number of carbonyl (C=O) groups excluding carboxylic acids is 1. The molecule has 5 nitrogen and oxygen atoms in total. The number of hydrogen-bond donors (Lipinski definition) is 0. The van der Waals surface area contributed by atoms with E-state index in [0.29, 0.717) is 12.2 Å². The van der Waals surface area contributed by atoms with E-state index in [2.05, 4.69) is 10.1 Å². The lowest BCUT2D eigenvalue weighted by atomic mass is 9.95. The van der Waals surface area contributed by atoms with Crippen LogP contribution in [0, 0.1) is 12.8 Å². The molecule has 0 fully saturated rings. The molecule has 0 radical (unpaired) electrons. The zero-order valence-corrected chi connectivity index (χ0v) is 12.4. The molecule has 110 valence electrons. The summed E-state index contributed by atoms with van der Waals surface area (Å²) in [4.78, 5) is 17.1. The van der Waals surface area contributed by atoms with Gasteiger partial charge >= 0.3 is 0 Å². The largest absolute Gasteiger partial charge is 0.354 e. The number of aryl methyl sites for hydroxylation is 1. The van der Waals surface area contributed by atoms with Gasteiger partial charge in [0.25, 0.3) is 0 Å². The molecule has 1 unspecified atom stereocenters. The summed E-state index contributed by atoms with van der Waals surface area (Å²) in [6.07, 6.45) is 2.38. The van der Waals surface area contributed by atoms with Crippen LogP contribution in [0.15, 0.2) is 41.2 Å². The predicted octanol–water partition coefficient (Wildman–Crippen LogP) is 3.21. The predicted molar refractivity (Wildman–Crippen MR) is 81.0 cm³/mol. The molecule has 0 N–H and O–H groups in total. The molecule has 0 bridgehead atoms. The Balaban J connectivity index is 1.96. The molecule has 0 spiro atoms. The van der Waals surface area contributed by atoms with Gasteiger partial charge in [0, 0.05) is 24.0 Å². The van der Waals surface area contributed by atoms with Gasteiger partial charge in [-0.2, -0.15) is 0 Å². The summed E-state index contributed by atoms with van der Waals surface area (Å²) in [6, 6.07) is 9.52. The minimum Gasteiger partial charge on any atom is -0.354 e. The van der Waals surface area contributed by atoms with Gasteiger partial charge in [0.05, 0.1) is 17.1 Å². The average molecular weight is 293 g/mol. The van der Waals surface area contributed by atoms with Crippen LogP contribution in [0.1, 0.15) is 28.7 Å². The highest BCUT2D eigenvalue weighted by atomic mass is 16.5. The van der Waals surface area contributed by atoms with Crippen molar-refractivity contribution in [2.45, 2.75) is 20.3 Å². The van der Waals surface area contributed by atoms with Crippen LogP contribution in [0.4, 0.5) is 0 Å². The van der Waals surface area contributed by atoms with Gasteiger partial charge in [-0.3, -0.25) is 4.79 Å². The molecule has 1 aliphatic rings. The van der Waals surface area contributed by atoms with Crippen LogP contribution in [0.2, 0.25) is 0 Å². The summed E-state index contributed by atoms with van der Waals surface area (Å²) in [5.41, 5.74) is 4.18. The summed E-state index contributed by atoms with van der Waals surface area (Å²) < 4.78 is 7.34. The normalized spacial score (nSPS) is 17.0. The number of rotatable bonds is 1. The molecule has 2 aromatic heterocycles. The molecule has 22 heavy (non-hydrogen) atoms. The van der Waals surface area contributed by atoms with Gasteiger partial charge in [0.1, 0.15) is 12.0 Å². The zero-order valence-electron chi connectivity index (χ0n) is 12.4. The van der Waals surface area contributed by atoms with Gasteiger partial charge in [-0.25, -0.2) is 4.98 Å². The van der Waals surface area contributed by atoms with Crippen molar-refractivity contribution in [3.63, 3.8) is 0 Å². The molecule has 3 heterocycles. The monoisotopic (exact) mass is 293 g/mol. The summed E-state index contributed by atoms with van der Waals surface area (Å²) in [6.45, 7) is 3.83. The minimum absolute atomic E-state index is 0.0955. The molecule has 4 rings (SSSR count). The highest BCUT2D eigenvalue weighted by molar-refractivity contribution is 6.01. The molecule has 1 aromatic carbocycles. The van der Waals surface area contributed by atoms with Gasteiger partial charge in [-0.1, -0.05) is 24.2 Å². The Kier molecular flexibility index (Phi) is 2.76. The molecule has 0 saturated heterocycles. The molecule has 0 amide bonds. The standard InChI is InChI=1S/C17H15N3O2/c1-10-7-14-16(15-8-11(2)19-22-15)18-9-20(14)13-6-4-3-5-12(13)17(10)21/h3-6,8-10H,7H2,1-2H3. The second-order valence-electron chi connectivity index (χ2n) is 5.73. The second-order valence-corrected chi connectivity index (χ2v) is 5.73. The van der Waals surface area contributed by atoms with E-state index in [9.17, 15) is 4.79 Å². The fourth-order valence-electron chi connectivity index (χ4n) is 3.00. The van der Waals surface area contributed by atoms with Gasteiger partial charge in [0.2, 0.25) is 0 Å². The Morgan fingerprint density at radius 2 is 2.14 bits per heavy atom. The van der Waals surface area contributed by atoms with Crippen molar-refractivity contribution in [1.82, 2.24) is 14.7 Å². The maximum Gasteiger partial charge on any atom is 0.187 e. The first-order valence-corrected chi connectivity index (χ1v) is 7.28. The maximum atomic E-state index is 12.6. The fourth-order valence-corrected chi connectivity index (χ4v) is 3.00. The first-order chi connectivity index (χ1) is 10.6. The van der Waals surface area contributed by atoms with Gasteiger partial charge < -0.3 is 9.09 Å². The van der Waals surface area contributed by atoms with E-state index in [1.165, 1.54) is 0 Å². The molecule has 5 heteroatoms. The highest BCUT2D eigenvalue weighted by Gasteiger charge is 2.28. The SMILES string of the molecule is Cc1cc(-c2ncn3c2CC(C)C(=O)c2ccccc2-3)on1. The number of imidazole rings is 1. The Morgan fingerprint density at radius 3 is 2.91 bits per heavy atom. The molecule has 1 atom stereocenters. The van der Waals surface area contributed by atoms with Crippen molar-refractivity contribution in [2.24, 2.45) is 5.92 Å². The topological polar surface area (TPSA) is 60.9 Å². The number of Topliss-reactive ketones (excluding diaryl/α,β-unsaturated/α-hetero) is 1. The number of carbonyl (C=O) groups is 1. The quantitative estimate of drug-likeness (QED) is 0.691. The first-order valence-electron chi connectivity index (χ1n) is 7.28. The van der Waals surface area contributed by atoms with Gasteiger partial charge in [-0.15, -0.1) is 0 Å². The number of ketones is 1. The molecular weight excluding hydrogens is 278 g/mol. The minimum atomic E-state index is -0.0955.